The van der Waals surface area contributed by atoms with E-state index in [1.165, 1.54) is 19.2 Å². The van der Waals surface area contributed by atoms with E-state index in [-0.39, 0.29) is 17.8 Å². The minimum atomic E-state index is -0.583. The predicted octanol–water partition coefficient (Wildman–Crippen LogP) is 3.38. The van der Waals surface area contributed by atoms with Gasteiger partial charge in [0.25, 0.3) is 0 Å². The van der Waals surface area contributed by atoms with Crippen molar-refractivity contribution in [1.82, 2.24) is 5.32 Å². The van der Waals surface area contributed by atoms with Gasteiger partial charge in [0.05, 0.1) is 7.11 Å². The Morgan fingerprint density at radius 3 is 2.67 bits per heavy atom. The van der Waals surface area contributed by atoms with E-state index in [1.54, 1.807) is 23.9 Å². The molecule has 2 atom stereocenters. The Kier molecular flexibility index (Phi) is 5.27. The number of hydrogen-bond donors (Lipinski definition) is 1. The maximum absolute atomic E-state index is 12.9. The van der Waals surface area contributed by atoms with Gasteiger partial charge in [-0.1, -0.05) is 0 Å². The number of nitrogens with one attached hydrogen (secondary N) is 1. The molecule has 0 aromatic heterocycles. The summed E-state index contributed by atoms with van der Waals surface area (Å²) in [5, 5.41) is 3.72. The van der Waals surface area contributed by atoms with E-state index in [9.17, 15) is 9.18 Å². The van der Waals surface area contributed by atoms with Crippen molar-refractivity contribution >= 4 is 17.7 Å². The van der Waals surface area contributed by atoms with Crippen LogP contribution in [0.2, 0.25) is 0 Å². The molecule has 21 heavy (non-hydrogen) atoms. The first-order valence-electron chi connectivity index (χ1n) is 7.23. The fraction of sp³-hybridized carbons (Fsp3) is 0.562. The van der Waals surface area contributed by atoms with Gasteiger partial charge in [0.2, 0.25) is 0 Å². The highest BCUT2D eigenvalue weighted by atomic mass is 32.2. The Hall–Kier alpha value is -1.07. The summed E-state index contributed by atoms with van der Waals surface area (Å²) in [6.07, 6.45) is 2.45. The van der Waals surface area contributed by atoms with E-state index in [0.717, 1.165) is 24.2 Å². The SMILES string of the molecule is COC(=O)C1(NC(C)C)CCC(Sc2ccc(F)cc2)C1. The molecule has 116 valence electrons. The van der Waals surface area contributed by atoms with Crippen LogP contribution in [0, 0.1) is 5.82 Å². The van der Waals surface area contributed by atoms with Crippen molar-refractivity contribution in [1.29, 1.82) is 0 Å². The van der Waals surface area contributed by atoms with Crippen LogP contribution in [0.5, 0.6) is 0 Å². The Morgan fingerprint density at radius 1 is 1.43 bits per heavy atom. The van der Waals surface area contributed by atoms with Gasteiger partial charge in [0.1, 0.15) is 11.4 Å². The van der Waals surface area contributed by atoms with Crippen LogP contribution in [0.4, 0.5) is 4.39 Å². The van der Waals surface area contributed by atoms with Gasteiger partial charge in [-0.05, 0) is 57.4 Å². The predicted molar refractivity (Wildman–Crippen MR) is 82.9 cm³/mol. The fourth-order valence-electron chi connectivity index (χ4n) is 2.93. The molecule has 1 fully saturated rings. The molecule has 0 heterocycles. The van der Waals surface area contributed by atoms with Gasteiger partial charge in [-0.15, -0.1) is 11.8 Å². The molecule has 0 saturated heterocycles. The molecule has 1 aromatic carbocycles. The molecule has 0 spiro atoms. The third kappa shape index (κ3) is 3.98. The summed E-state index contributed by atoms with van der Waals surface area (Å²) in [6.45, 7) is 4.07. The zero-order valence-corrected chi connectivity index (χ0v) is 13.5. The molecular formula is C16H22FNO2S. The molecule has 0 bridgehead atoms. The average Bonchev–Trinajstić information content (AvgIpc) is 2.84. The van der Waals surface area contributed by atoms with Crippen molar-refractivity contribution in [3.8, 4) is 0 Å². The molecule has 0 amide bonds. The Bertz CT molecular complexity index is 492. The summed E-state index contributed by atoms with van der Waals surface area (Å²) >= 11 is 1.70. The van der Waals surface area contributed by atoms with Gasteiger partial charge < -0.3 is 4.74 Å². The highest BCUT2D eigenvalue weighted by Gasteiger charge is 2.46. The molecule has 1 aliphatic rings. The molecule has 0 radical (unpaired) electrons. The first-order valence-corrected chi connectivity index (χ1v) is 8.11. The minimum Gasteiger partial charge on any atom is -0.468 e. The van der Waals surface area contributed by atoms with Crippen molar-refractivity contribution in [3.05, 3.63) is 30.1 Å². The number of hydrogen-bond acceptors (Lipinski definition) is 4. The van der Waals surface area contributed by atoms with E-state index < -0.39 is 5.54 Å². The Labute approximate surface area is 129 Å². The number of esters is 1. The van der Waals surface area contributed by atoms with Gasteiger partial charge in [-0.2, -0.15) is 0 Å². The molecule has 2 unspecified atom stereocenters. The standard InChI is InChI=1S/C16H22FNO2S/c1-11(2)18-16(15(19)20-3)9-8-14(10-16)21-13-6-4-12(17)5-7-13/h4-7,11,14,18H,8-10H2,1-3H3. The van der Waals surface area contributed by atoms with Crippen molar-refractivity contribution in [2.24, 2.45) is 0 Å². The topological polar surface area (TPSA) is 38.3 Å². The Balaban J connectivity index is 2.05. The lowest BCUT2D eigenvalue weighted by atomic mass is 9.96. The van der Waals surface area contributed by atoms with Crippen LogP contribution in [-0.2, 0) is 9.53 Å². The summed E-state index contributed by atoms with van der Waals surface area (Å²) in [4.78, 5) is 13.2. The van der Waals surface area contributed by atoms with E-state index in [4.69, 9.17) is 4.74 Å². The molecule has 2 rings (SSSR count). The third-order valence-corrected chi connectivity index (χ3v) is 5.01. The second kappa shape index (κ2) is 6.79. The molecule has 1 aliphatic carbocycles. The normalized spacial score (nSPS) is 25.3. The molecule has 3 nitrogen and oxygen atoms in total. The lowest BCUT2D eigenvalue weighted by Crippen LogP contribution is -2.53. The number of ether oxygens (including phenoxy) is 1. The molecule has 1 aromatic rings. The monoisotopic (exact) mass is 311 g/mol. The fourth-order valence-corrected chi connectivity index (χ4v) is 4.21. The second-order valence-corrected chi connectivity index (χ2v) is 7.18. The van der Waals surface area contributed by atoms with E-state index in [2.05, 4.69) is 5.32 Å². The van der Waals surface area contributed by atoms with Gasteiger partial charge in [0, 0.05) is 16.2 Å². The maximum atomic E-state index is 12.9. The van der Waals surface area contributed by atoms with Gasteiger partial charge >= 0.3 is 5.97 Å². The number of carbonyl (C=O) groups is 1. The molecular weight excluding hydrogens is 289 g/mol. The molecule has 5 heteroatoms. The van der Waals surface area contributed by atoms with Crippen molar-refractivity contribution in [2.75, 3.05) is 7.11 Å². The van der Waals surface area contributed by atoms with Crippen LogP contribution in [0.1, 0.15) is 33.1 Å². The maximum Gasteiger partial charge on any atom is 0.326 e. The van der Waals surface area contributed by atoms with E-state index >= 15 is 0 Å². The summed E-state index contributed by atoms with van der Waals surface area (Å²) < 4.78 is 17.9. The smallest absolute Gasteiger partial charge is 0.326 e. The second-order valence-electron chi connectivity index (χ2n) is 5.81. The lowest BCUT2D eigenvalue weighted by molar-refractivity contribution is -0.148. The minimum absolute atomic E-state index is 0.182. The van der Waals surface area contributed by atoms with Gasteiger partial charge in [0.15, 0.2) is 0 Å². The first-order chi connectivity index (χ1) is 9.95. The van der Waals surface area contributed by atoms with Crippen LogP contribution in [0.25, 0.3) is 0 Å². The summed E-state index contributed by atoms with van der Waals surface area (Å²) in [7, 11) is 1.44. The number of methoxy groups -OCH3 is 1. The number of rotatable bonds is 5. The highest BCUT2D eigenvalue weighted by molar-refractivity contribution is 8.00. The van der Waals surface area contributed by atoms with Crippen molar-refractivity contribution in [3.63, 3.8) is 0 Å². The summed E-state index contributed by atoms with van der Waals surface area (Å²) in [6, 6.07) is 6.73. The van der Waals surface area contributed by atoms with Crippen molar-refractivity contribution < 1.29 is 13.9 Å². The number of carbonyl (C=O) groups excluding carboxylic acids is 1. The first kappa shape index (κ1) is 16.3. The summed E-state index contributed by atoms with van der Waals surface area (Å²) in [5.41, 5.74) is -0.583. The molecule has 1 N–H and O–H groups in total. The number of benzene rings is 1. The van der Waals surface area contributed by atoms with E-state index in [0.29, 0.717) is 5.25 Å². The van der Waals surface area contributed by atoms with Crippen LogP contribution in [0.15, 0.2) is 29.2 Å². The zero-order valence-electron chi connectivity index (χ0n) is 12.7. The number of thioether (sulfide) groups is 1. The van der Waals surface area contributed by atoms with Crippen LogP contribution in [0.3, 0.4) is 0 Å². The van der Waals surface area contributed by atoms with Gasteiger partial charge in [-0.25, -0.2) is 4.39 Å². The largest absolute Gasteiger partial charge is 0.468 e. The summed E-state index contributed by atoms with van der Waals surface area (Å²) in [5.74, 6) is -0.408. The third-order valence-electron chi connectivity index (χ3n) is 3.73. The van der Waals surface area contributed by atoms with E-state index in [1.807, 2.05) is 13.8 Å². The Morgan fingerprint density at radius 2 is 2.10 bits per heavy atom. The van der Waals surface area contributed by atoms with Gasteiger partial charge in [-0.3, -0.25) is 10.1 Å². The highest BCUT2D eigenvalue weighted by Crippen LogP contribution is 2.41. The molecule has 0 aliphatic heterocycles. The zero-order chi connectivity index (χ0) is 15.5. The number of halogens is 1. The van der Waals surface area contributed by atoms with Crippen molar-refractivity contribution in [2.45, 2.75) is 54.8 Å². The average molecular weight is 311 g/mol. The molecule has 1 saturated carbocycles. The van der Waals surface area contributed by atoms with Crippen LogP contribution >= 0.6 is 11.8 Å². The lowest BCUT2D eigenvalue weighted by Gasteiger charge is -2.30. The quantitative estimate of drug-likeness (QED) is 0.846. The van der Waals surface area contributed by atoms with Crippen LogP contribution < -0.4 is 5.32 Å². The van der Waals surface area contributed by atoms with Crippen LogP contribution in [-0.4, -0.2) is 29.9 Å².